The zero-order valence-electron chi connectivity index (χ0n) is 20.2. The minimum Gasteiger partial charge on any atom is -0.486 e. The number of nitrogens with two attached hydrogens (primary N) is 1. The fourth-order valence-corrected chi connectivity index (χ4v) is 6.16. The third-order valence-corrected chi connectivity index (χ3v) is 7.82. The van der Waals surface area contributed by atoms with Crippen LogP contribution in [0.1, 0.15) is 48.4 Å². The van der Waals surface area contributed by atoms with Crippen molar-refractivity contribution in [2.45, 2.75) is 56.8 Å². The molecule has 6 heteroatoms. The van der Waals surface area contributed by atoms with Crippen LogP contribution in [0.4, 0.5) is 0 Å². The van der Waals surface area contributed by atoms with Crippen LogP contribution in [0.5, 0.6) is 5.75 Å². The van der Waals surface area contributed by atoms with E-state index in [1.165, 1.54) is 16.7 Å². The summed E-state index contributed by atoms with van der Waals surface area (Å²) in [6, 6.07) is 21.2. The third kappa shape index (κ3) is 3.87. The Morgan fingerprint density at radius 1 is 1.06 bits per heavy atom. The van der Waals surface area contributed by atoms with Gasteiger partial charge in [0.1, 0.15) is 11.4 Å². The first kappa shape index (κ1) is 22.4. The summed E-state index contributed by atoms with van der Waals surface area (Å²) in [4.78, 5) is 11.4. The third-order valence-electron chi connectivity index (χ3n) is 7.60. The molecule has 3 aromatic carbocycles. The number of aliphatic imine (C=N–C) groups is 1. The number of hydroxylamine groups is 2. The minimum absolute atomic E-state index is 0.378. The Bertz CT molecular complexity index is 1340. The lowest BCUT2D eigenvalue weighted by atomic mass is 9.78. The first-order chi connectivity index (χ1) is 16.9. The molecule has 0 radical (unpaired) electrons. The molecule has 0 bridgehead atoms. The van der Waals surface area contributed by atoms with Crippen LogP contribution in [0.15, 0.2) is 65.7 Å². The van der Waals surface area contributed by atoms with E-state index in [2.05, 4.69) is 55.5 Å². The highest BCUT2D eigenvalue weighted by atomic mass is 35.5. The Kier molecular flexibility index (Phi) is 5.31. The molecule has 3 aliphatic rings. The van der Waals surface area contributed by atoms with Crippen LogP contribution in [0.25, 0.3) is 11.1 Å². The lowest BCUT2D eigenvalue weighted by molar-refractivity contribution is -0.204. The van der Waals surface area contributed by atoms with Crippen LogP contribution in [-0.2, 0) is 29.8 Å². The summed E-state index contributed by atoms with van der Waals surface area (Å²) < 4.78 is 6.88. The molecule has 2 unspecified atom stereocenters. The maximum atomic E-state index is 6.88. The van der Waals surface area contributed by atoms with E-state index in [1.807, 2.05) is 19.2 Å². The van der Waals surface area contributed by atoms with Crippen LogP contribution >= 0.6 is 11.6 Å². The number of fused-ring (bicyclic) bond motifs is 3. The molecule has 0 saturated heterocycles. The molecule has 0 amide bonds. The van der Waals surface area contributed by atoms with Crippen molar-refractivity contribution in [2.75, 3.05) is 7.05 Å². The van der Waals surface area contributed by atoms with Gasteiger partial charge in [0.25, 0.3) is 0 Å². The molecule has 3 aromatic rings. The summed E-state index contributed by atoms with van der Waals surface area (Å²) in [5.41, 5.74) is 11.9. The molecular formula is C29H30ClN3O2. The van der Waals surface area contributed by atoms with E-state index in [9.17, 15) is 0 Å². The Labute approximate surface area is 211 Å². The van der Waals surface area contributed by atoms with Crippen LogP contribution in [-0.4, -0.2) is 23.7 Å². The molecule has 2 heterocycles. The Hall–Kier alpha value is -3.02. The van der Waals surface area contributed by atoms with Gasteiger partial charge in [-0.1, -0.05) is 54.9 Å². The highest BCUT2D eigenvalue weighted by Crippen LogP contribution is 2.53. The molecule has 2 aliphatic heterocycles. The number of nitrogens with zero attached hydrogens (tertiary/aromatic N) is 2. The molecule has 0 saturated carbocycles. The van der Waals surface area contributed by atoms with Gasteiger partial charge in [0.05, 0.1) is 5.56 Å². The summed E-state index contributed by atoms with van der Waals surface area (Å²) in [5, 5.41) is 2.31. The minimum atomic E-state index is -0.923. The van der Waals surface area contributed by atoms with E-state index in [0.29, 0.717) is 12.4 Å². The zero-order valence-corrected chi connectivity index (χ0v) is 20.9. The van der Waals surface area contributed by atoms with Crippen LogP contribution in [0.3, 0.4) is 0 Å². The highest BCUT2D eigenvalue weighted by molar-refractivity contribution is 6.31. The summed E-state index contributed by atoms with van der Waals surface area (Å²) in [6.45, 7) is 2.13. The van der Waals surface area contributed by atoms with Gasteiger partial charge in [-0.3, -0.25) is 0 Å². The largest absolute Gasteiger partial charge is 0.486 e. The van der Waals surface area contributed by atoms with Gasteiger partial charge < -0.3 is 10.5 Å². The van der Waals surface area contributed by atoms with E-state index in [0.717, 1.165) is 59.6 Å². The second-order valence-corrected chi connectivity index (χ2v) is 10.5. The molecule has 6 rings (SSSR count). The number of halogens is 1. The summed E-state index contributed by atoms with van der Waals surface area (Å²) in [5.74, 6) is 1.19. The number of guanidine groups is 1. The van der Waals surface area contributed by atoms with Gasteiger partial charge in [-0.25, -0.2) is 14.9 Å². The molecule has 5 nitrogen and oxygen atoms in total. The molecule has 2 atom stereocenters. The topological polar surface area (TPSA) is 60.1 Å². The van der Waals surface area contributed by atoms with Gasteiger partial charge in [-0.05, 0) is 77.8 Å². The summed E-state index contributed by atoms with van der Waals surface area (Å²) in [6.07, 6.45) is 5.39. The van der Waals surface area contributed by atoms with Gasteiger partial charge in [-0.15, -0.1) is 0 Å². The van der Waals surface area contributed by atoms with E-state index in [1.54, 1.807) is 5.06 Å². The summed E-state index contributed by atoms with van der Waals surface area (Å²) >= 11 is 6.44. The number of hydrogen-bond acceptors (Lipinski definition) is 5. The highest BCUT2D eigenvalue weighted by Gasteiger charge is 2.54. The standard InChI is InChI=1S/C29H30ClN3O2/c1-3-19-13-23(15-24(30)14-19)21-10-11-26-25(16-21)29(32-27(31)33(2)35-29)18-28(34-26)12-6-9-20-7-4-5-8-22(20)17-28/h4-5,7-8,10-11,13-16H,3,6,9,12,17-18H2,1-2H3,(H2,31,32). The Balaban J connectivity index is 1.48. The quantitative estimate of drug-likeness (QED) is 0.480. The van der Waals surface area contributed by atoms with Crippen molar-refractivity contribution in [3.05, 3.63) is 87.9 Å². The molecule has 180 valence electrons. The second kappa shape index (κ2) is 8.28. The molecule has 2 spiro atoms. The molecular weight excluding hydrogens is 458 g/mol. The number of aryl methyl sites for hydroxylation is 2. The van der Waals surface area contributed by atoms with Crippen LogP contribution in [0.2, 0.25) is 5.02 Å². The molecule has 0 fully saturated rings. The van der Waals surface area contributed by atoms with Crippen molar-refractivity contribution in [3.63, 3.8) is 0 Å². The smallest absolute Gasteiger partial charge is 0.222 e. The lowest BCUT2D eigenvalue weighted by Gasteiger charge is -2.45. The summed E-state index contributed by atoms with van der Waals surface area (Å²) in [7, 11) is 1.81. The van der Waals surface area contributed by atoms with Gasteiger partial charge in [0, 0.05) is 24.9 Å². The predicted octanol–water partition coefficient (Wildman–Crippen LogP) is 6.01. The van der Waals surface area contributed by atoms with Gasteiger partial charge in [0.2, 0.25) is 11.7 Å². The SMILES string of the molecule is CCc1cc(Cl)cc(-c2ccc3c(c2)C2(CC4(CCCc5ccccc5C4)O3)N=C(N)N(C)O2)c1. The Morgan fingerprint density at radius 3 is 2.66 bits per heavy atom. The molecule has 35 heavy (non-hydrogen) atoms. The van der Waals surface area contributed by atoms with Crippen molar-refractivity contribution in [1.29, 1.82) is 0 Å². The first-order valence-corrected chi connectivity index (χ1v) is 12.7. The fourth-order valence-electron chi connectivity index (χ4n) is 5.90. The van der Waals surface area contributed by atoms with Crippen molar-refractivity contribution < 1.29 is 9.57 Å². The number of hydrogen-bond donors (Lipinski definition) is 1. The van der Waals surface area contributed by atoms with E-state index >= 15 is 0 Å². The maximum absolute atomic E-state index is 6.88. The number of benzene rings is 3. The average molecular weight is 488 g/mol. The molecule has 0 aromatic heterocycles. The second-order valence-electron chi connectivity index (χ2n) is 10.0. The predicted molar refractivity (Wildman–Crippen MR) is 139 cm³/mol. The number of ether oxygens (including phenoxy) is 1. The van der Waals surface area contributed by atoms with Crippen molar-refractivity contribution in [2.24, 2.45) is 10.7 Å². The van der Waals surface area contributed by atoms with E-state index in [4.69, 9.17) is 31.9 Å². The normalized spacial score (nSPS) is 25.1. The van der Waals surface area contributed by atoms with Gasteiger partial charge in [-0.2, -0.15) is 0 Å². The Morgan fingerprint density at radius 2 is 1.89 bits per heavy atom. The molecule has 2 N–H and O–H groups in total. The van der Waals surface area contributed by atoms with E-state index < -0.39 is 11.3 Å². The molecule has 1 aliphatic carbocycles. The fraction of sp³-hybridized carbons (Fsp3) is 0.345. The average Bonchev–Trinajstić information content (AvgIpc) is 3.01. The first-order valence-electron chi connectivity index (χ1n) is 12.4. The van der Waals surface area contributed by atoms with Gasteiger partial charge >= 0.3 is 0 Å². The van der Waals surface area contributed by atoms with Gasteiger partial charge in [0.15, 0.2) is 0 Å². The maximum Gasteiger partial charge on any atom is 0.222 e. The monoisotopic (exact) mass is 487 g/mol. The number of rotatable bonds is 2. The van der Waals surface area contributed by atoms with E-state index in [-0.39, 0.29) is 0 Å². The van der Waals surface area contributed by atoms with Crippen molar-refractivity contribution in [1.82, 2.24) is 5.06 Å². The van der Waals surface area contributed by atoms with Crippen molar-refractivity contribution in [3.8, 4) is 16.9 Å². The lowest BCUT2D eigenvalue weighted by Crippen LogP contribution is -2.49. The van der Waals surface area contributed by atoms with Crippen LogP contribution in [0, 0.1) is 0 Å². The zero-order chi connectivity index (χ0) is 24.2. The van der Waals surface area contributed by atoms with Crippen molar-refractivity contribution >= 4 is 17.6 Å². The van der Waals surface area contributed by atoms with Crippen LogP contribution < -0.4 is 10.5 Å².